The minimum Gasteiger partial charge on any atom is -0.330 e. The lowest BCUT2D eigenvalue weighted by atomic mass is 10.3. The Morgan fingerprint density at radius 2 is 1.80 bits per heavy atom. The summed E-state index contributed by atoms with van der Waals surface area (Å²) in [6.07, 6.45) is 1.69. The number of hydrogen-bond acceptors (Lipinski definition) is 4. The highest BCUT2D eigenvalue weighted by molar-refractivity contribution is 7.80. The second-order valence-electron chi connectivity index (χ2n) is 4.66. The fourth-order valence-electron chi connectivity index (χ4n) is 1.66. The van der Waals surface area contributed by atoms with Crippen molar-refractivity contribution in [1.29, 1.82) is 0 Å². The Labute approximate surface area is 166 Å². The topological polar surface area (TPSA) is 73.4 Å². The molecule has 0 aliphatic heterocycles. The van der Waals surface area contributed by atoms with Crippen LogP contribution in [0.3, 0.4) is 0 Å². The van der Waals surface area contributed by atoms with Crippen LogP contribution in [0.2, 0.25) is 10.0 Å². The molecule has 10 heteroatoms. The van der Waals surface area contributed by atoms with Gasteiger partial charge in [0.2, 0.25) is 5.11 Å². The smallest absolute Gasteiger partial charge is 0.205 e. The fraction of sp³-hybridized carbons (Fsp3) is 0.0667. The van der Waals surface area contributed by atoms with Crippen molar-refractivity contribution in [2.45, 2.75) is 6.92 Å². The second kappa shape index (κ2) is 9.47. The van der Waals surface area contributed by atoms with Gasteiger partial charge in [0.25, 0.3) is 0 Å². The molecular formula is C15H14Cl2N6S2. The summed E-state index contributed by atoms with van der Waals surface area (Å²) >= 11 is 22.3. The Kier molecular flexibility index (Phi) is 7.32. The van der Waals surface area contributed by atoms with Crippen molar-refractivity contribution in [3.05, 3.63) is 58.3 Å². The summed E-state index contributed by atoms with van der Waals surface area (Å²) in [6, 6.07) is 10.8. The SMILES string of the molecule is C/C(=N\NC(=S)NNC(=S)Nc1cccc(Cl)c1Cl)c1ccccn1. The lowest BCUT2D eigenvalue weighted by Crippen LogP contribution is -2.47. The molecule has 6 nitrogen and oxygen atoms in total. The molecule has 0 amide bonds. The summed E-state index contributed by atoms with van der Waals surface area (Å²) in [5.74, 6) is 0. The van der Waals surface area contributed by atoms with Gasteiger partial charge in [0.15, 0.2) is 5.11 Å². The summed E-state index contributed by atoms with van der Waals surface area (Å²) in [5.41, 5.74) is 10.1. The van der Waals surface area contributed by atoms with E-state index < -0.39 is 0 Å². The predicted octanol–water partition coefficient (Wildman–Crippen LogP) is 3.48. The highest BCUT2D eigenvalue weighted by Gasteiger charge is 2.06. The van der Waals surface area contributed by atoms with Crippen LogP contribution in [0.15, 0.2) is 47.7 Å². The van der Waals surface area contributed by atoms with Crippen molar-refractivity contribution in [2.75, 3.05) is 5.32 Å². The van der Waals surface area contributed by atoms with Gasteiger partial charge in [0.1, 0.15) is 0 Å². The van der Waals surface area contributed by atoms with Gasteiger partial charge in [0.05, 0.1) is 27.1 Å². The molecule has 0 aliphatic rings. The Morgan fingerprint density at radius 1 is 1.04 bits per heavy atom. The largest absolute Gasteiger partial charge is 0.330 e. The van der Waals surface area contributed by atoms with Crippen LogP contribution < -0.4 is 21.6 Å². The lowest BCUT2D eigenvalue weighted by Gasteiger charge is -2.14. The third-order valence-electron chi connectivity index (χ3n) is 2.85. The number of nitrogens with one attached hydrogen (secondary N) is 4. The van der Waals surface area contributed by atoms with Crippen molar-refractivity contribution >= 4 is 69.3 Å². The third-order valence-corrected chi connectivity index (χ3v) is 4.07. The molecule has 0 spiro atoms. The number of hydrazine groups is 1. The fourth-order valence-corrected chi connectivity index (χ4v) is 2.27. The monoisotopic (exact) mass is 412 g/mol. The van der Waals surface area contributed by atoms with Crippen LogP contribution >= 0.6 is 47.6 Å². The standard InChI is InChI=1S/C15H14Cl2N6S2/c1-9(11-6-2-3-8-18-11)20-22-15(25)23-21-14(24)19-12-7-4-5-10(16)13(12)17/h2-8H,1H3,(H2,19,21,24)(H2,22,23,25)/b20-9+. The van der Waals surface area contributed by atoms with Crippen LogP contribution in [0.1, 0.15) is 12.6 Å². The average Bonchev–Trinajstić information content (AvgIpc) is 2.62. The Morgan fingerprint density at radius 3 is 2.52 bits per heavy atom. The Bertz CT molecular complexity index is 798. The van der Waals surface area contributed by atoms with Gasteiger partial charge in [-0.15, -0.1) is 0 Å². The van der Waals surface area contributed by atoms with Gasteiger partial charge in [-0.25, -0.2) is 0 Å². The maximum atomic E-state index is 6.08. The van der Waals surface area contributed by atoms with E-state index in [2.05, 4.69) is 31.7 Å². The van der Waals surface area contributed by atoms with E-state index in [9.17, 15) is 0 Å². The summed E-state index contributed by atoms with van der Waals surface area (Å²) < 4.78 is 0. The molecule has 0 saturated carbocycles. The number of aromatic nitrogens is 1. The first-order valence-corrected chi connectivity index (χ1v) is 8.57. The zero-order valence-corrected chi connectivity index (χ0v) is 16.2. The number of thiocarbonyl (C=S) groups is 2. The van der Waals surface area contributed by atoms with Gasteiger partial charge < -0.3 is 5.32 Å². The molecule has 2 aromatic rings. The summed E-state index contributed by atoms with van der Waals surface area (Å²) in [6.45, 7) is 1.82. The van der Waals surface area contributed by atoms with Crippen molar-refractivity contribution in [2.24, 2.45) is 5.10 Å². The molecule has 0 atom stereocenters. The van der Waals surface area contributed by atoms with E-state index in [4.69, 9.17) is 47.6 Å². The van der Waals surface area contributed by atoms with Gasteiger partial charge >= 0.3 is 0 Å². The van der Waals surface area contributed by atoms with Gasteiger partial charge in [-0.1, -0.05) is 35.3 Å². The number of anilines is 1. The number of hydrogen-bond donors (Lipinski definition) is 4. The number of hydrazone groups is 1. The number of rotatable bonds is 3. The molecule has 1 heterocycles. The molecular weight excluding hydrogens is 399 g/mol. The molecule has 130 valence electrons. The number of benzene rings is 1. The molecule has 0 saturated heterocycles. The van der Waals surface area contributed by atoms with Gasteiger partial charge in [-0.3, -0.25) is 21.3 Å². The average molecular weight is 413 g/mol. The first-order chi connectivity index (χ1) is 12.0. The van der Waals surface area contributed by atoms with E-state index in [0.29, 0.717) is 21.4 Å². The van der Waals surface area contributed by atoms with Crippen molar-refractivity contribution in [3.8, 4) is 0 Å². The Balaban J connectivity index is 1.81. The van der Waals surface area contributed by atoms with E-state index in [1.165, 1.54) is 0 Å². The first-order valence-electron chi connectivity index (χ1n) is 7.00. The lowest BCUT2D eigenvalue weighted by molar-refractivity contribution is 0.834. The summed E-state index contributed by atoms with van der Waals surface area (Å²) in [7, 11) is 0. The quantitative estimate of drug-likeness (QED) is 0.349. The van der Waals surface area contributed by atoms with E-state index in [1.54, 1.807) is 24.4 Å². The molecule has 0 radical (unpaired) electrons. The van der Waals surface area contributed by atoms with Crippen LogP contribution in [0.25, 0.3) is 0 Å². The normalized spacial score (nSPS) is 10.8. The summed E-state index contributed by atoms with van der Waals surface area (Å²) in [5, 5.41) is 8.35. The highest BCUT2D eigenvalue weighted by Crippen LogP contribution is 2.29. The molecule has 25 heavy (non-hydrogen) atoms. The van der Waals surface area contributed by atoms with Crippen molar-refractivity contribution in [3.63, 3.8) is 0 Å². The third kappa shape index (κ3) is 6.09. The molecule has 4 N–H and O–H groups in total. The minimum atomic E-state index is 0.233. The molecule has 1 aromatic heterocycles. The molecule has 0 unspecified atom stereocenters. The maximum Gasteiger partial charge on any atom is 0.205 e. The minimum absolute atomic E-state index is 0.233. The molecule has 0 aliphatic carbocycles. The van der Waals surface area contributed by atoms with Crippen LogP contribution in [-0.2, 0) is 0 Å². The predicted molar refractivity (Wildman–Crippen MR) is 111 cm³/mol. The van der Waals surface area contributed by atoms with Gasteiger partial charge in [-0.2, -0.15) is 5.10 Å². The zero-order chi connectivity index (χ0) is 18.2. The highest BCUT2D eigenvalue weighted by atomic mass is 35.5. The molecule has 0 bridgehead atoms. The van der Waals surface area contributed by atoms with Crippen LogP contribution in [0, 0.1) is 0 Å². The maximum absolute atomic E-state index is 6.08. The number of pyridine rings is 1. The van der Waals surface area contributed by atoms with Crippen molar-refractivity contribution < 1.29 is 0 Å². The van der Waals surface area contributed by atoms with E-state index >= 15 is 0 Å². The van der Waals surface area contributed by atoms with Crippen LogP contribution in [0.4, 0.5) is 5.69 Å². The first kappa shape index (κ1) is 19.3. The molecule has 0 fully saturated rings. The van der Waals surface area contributed by atoms with Gasteiger partial charge in [0, 0.05) is 6.20 Å². The van der Waals surface area contributed by atoms with Crippen molar-refractivity contribution in [1.82, 2.24) is 21.3 Å². The van der Waals surface area contributed by atoms with Crippen LogP contribution in [-0.4, -0.2) is 20.9 Å². The molecule has 2 rings (SSSR count). The van der Waals surface area contributed by atoms with Gasteiger partial charge in [-0.05, 0) is 55.6 Å². The zero-order valence-electron chi connectivity index (χ0n) is 13.0. The van der Waals surface area contributed by atoms with E-state index in [-0.39, 0.29) is 10.2 Å². The van der Waals surface area contributed by atoms with E-state index in [0.717, 1.165) is 5.69 Å². The summed E-state index contributed by atoms with van der Waals surface area (Å²) in [4.78, 5) is 4.19. The van der Waals surface area contributed by atoms with E-state index in [1.807, 2.05) is 25.1 Å². The second-order valence-corrected chi connectivity index (χ2v) is 6.26. The number of nitrogens with zero attached hydrogens (tertiary/aromatic N) is 2. The Hall–Kier alpha value is -2.00. The van der Waals surface area contributed by atoms with Crippen LogP contribution in [0.5, 0.6) is 0 Å². The number of halogens is 2. The molecule has 1 aromatic carbocycles.